The van der Waals surface area contributed by atoms with Crippen molar-refractivity contribution in [3.63, 3.8) is 0 Å². The van der Waals surface area contributed by atoms with Gasteiger partial charge in [0, 0.05) is 12.5 Å². The Labute approximate surface area is 106 Å². The van der Waals surface area contributed by atoms with Gasteiger partial charge < -0.3 is 4.74 Å². The Balaban J connectivity index is 0. The number of hydrogen-bond donors (Lipinski definition) is 0. The summed E-state index contributed by atoms with van der Waals surface area (Å²) in [5, 5.41) is 0. The van der Waals surface area contributed by atoms with Crippen LogP contribution in [0.2, 0.25) is 0 Å². The lowest BCUT2D eigenvalue weighted by atomic mass is 10.2. The van der Waals surface area contributed by atoms with Gasteiger partial charge in [-0.15, -0.1) is 0 Å². The Morgan fingerprint density at radius 3 is 1.59 bits per heavy atom. The highest BCUT2D eigenvalue weighted by Gasteiger charge is 1.98. The van der Waals surface area contributed by atoms with Crippen LogP contribution in [0.3, 0.4) is 0 Å². The van der Waals surface area contributed by atoms with Crippen molar-refractivity contribution in [2.75, 3.05) is 6.61 Å². The van der Waals surface area contributed by atoms with Crippen LogP contribution in [0.25, 0.3) is 0 Å². The second-order valence-corrected chi connectivity index (χ2v) is 2.79. The van der Waals surface area contributed by atoms with E-state index in [0.29, 0.717) is 6.61 Å². The maximum atomic E-state index is 10.2. The third kappa shape index (κ3) is 14.7. The van der Waals surface area contributed by atoms with Crippen LogP contribution >= 0.6 is 0 Å². The molecule has 2 rings (SSSR count). The summed E-state index contributed by atoms with van der Waals surface area (Å²) in [6, 6.07) is 0. The van der Waals surface area contributed by atoms with Gasteiger partial charge in [0.15, 0.2) is 0 Å². The fourth-order valence-electron chi connectivity index (χ4n) is 0.997. The summed E-state index contributed by atoms with van der Waals surface area (Å²) in [7, 11) is 0. The molecule has 2 nitrogen and oxygen atoms in total. The third-order valence-electron chi connectivity index (χ3n) is 1.67. The molecular formula is C15H26O2. The molecule has 1 aliphatic carbocycles. The van der Waals surface area contributed by atoms with E-state index < -0.39 is 0 Å². The molecule has 0 amide bonds. The average molecular weight is 238 g/mol. The van der Waals surface area contributed by atoms with E-state index >= 15 is 0 Å². The van der Waals surface area contributed by atoms with Crippen molar-refractivity contribution in [1.82, 2.24) is 0 Å². The van der Waals surface area contributed by atoms with E-state index in [-0.39, 0.29) is 5.97 Å². The first-order valence-corrected chi connectivity index (χ1v) is 6.54. The second kappa shape index (κ2) is 17.1. The van der Waals surface area contributed by atoms with Crippen molar-refractivity contribution >= 4 is 5.97 Å². The number of hydrogen-bond acceptors (Lipinski definition) is 2. The molecule has 0 unspecified atom stereocenters. The zero-order chi connectivity index (χ0) is 13.4. The molecule has 2 heteroatoms. The summed E-state index contributed by atoms with van der Waals surface area (Å²) in [4.78, 5) is 10.2. The lowest BCUT2D eigenvalue weighted by Crippen LogP contribution is -2.05. The Morgan fingerprint density at radius 2 is 1.41 bits per heavy atom. The minimum atomic E-state index is -0.216. The normalized spacial score (nSPS) is 15.2. The fraction of sp³-hybridized carbons (Fsp3) is 0.533. The molecule has 0 N–H and O–H groups in total. The Kier molecular flexibility index (Phi) is 18.2. The quantitative estimate of drug-likeness (QED) is 0.583. The summed E-state index contributed by atoms with van der Waals surface area (Å²) in [6.45, 7) is 8.55. The number of ether oxygens (including phenoxy) is 1. The molecule has 0 fully saturated rings. The summed E-state index contributed by atoms with van der Waals surface area (Å²) in [6.07, 6.45) is 15.1. The molecular weight excluding hydrogens is 212 g/mol. The second-order valence-electron chi connectivity index (χ2n) is 2.79. The molecule has 2 aliphatic rings. The molecule has 0 radical (unpaired) electrons. The summed E-state index contributed by atoms with van der Waals surface area (Å²) in [5.74, 6) is -0.216. The van der Waals surface area contributed by atoms with E-state index in [0.717, 1.165) is 6.42 Å². The summed E-state index contributed by atoms with van der Waals surface area (Å²) < 4.78 is 4.55. The first kappa shape index (κ1) is 18.1. The fourth-order valence-corrected chi connectivity index (χ4v) is 0.997. The number of carbonyl (C=O) groups excluding carboxylic acids is 1. The third-order valence-corrected chi connectivity index (χ3v) is 1.67. The molecule has 0 bridgehead atoms. The molecule has 17 heavy (non-hydrogen) atoms. The molecule has 0 aromatic carbocycles. The van der Waals surface area contributed by atoms with Crippen LogP contribution in [0.1, 0.15) is 47.0 Å². The minimum absolute atomic E-state index is 0.216. The SMILES string of the molecule is C1=CCCC=C1.CC.CC.O=C1C=CCCO1. The molecule has 0 aromatic heterocycles. The van der Waals surface area contributed by atoms with Crippen LogP contribution in [-0.2, 0) is 9.53 Å². The number of rotatable bonds is 0. The summed E-state index contributed by atoms with van der Waals surface area (Å²) >= 11 is 0. The zero-order valence-corrected chi connectivity index (χ0v) is 11.6. The van der Waals surface area contributed by atoms with Crippen LogP contribution in [0.4, 0.5) is 0 Å². The van der Waals surface area contributed by atoms with Gasteiger partial charge in [0.1, 0.15) is 0 Å². The maximum absolute atomic E-state index is 10.2. The van der Waals surface area contributed by atoms with Gasteiger partial charge in [-0.2, -0.15) is 0 Å². The van der Waals surface area contributed by atoms with E-state index in [2.05, 4.69) is 29.0 Å². The number of esters is 1. The van der Waals surface area contributed by atoms with Gasteiger partial charge in [-0.1, -0.05) is 58.1 Å². The van der Waals surface area contributed by atoms with E-state index in [1.165, 1.54) is 18.9 Å². The van der Waals surface area contributed by atoms with Crippen molar-refractivity contribution in [3.8, 4) is 0 Å². The van der Waals surface area contributed by atoms with Gasteiger partial charge in [0.25, 0.3) is 0 Å². The molecule has 0 saturated heterocycles. The van der Waals surface area contributed by atoms with Crippen molar-refractivity contribution < 1.29 is 9.53 Å². The van der Waals surface area contributed by atoms with Crippen molar-refractivity contribution in [2.45, 2.75) is 47.0 Å². The monoisotopic (exact) mass is 238 g/mol. The van der Waals surface area contributed by atoms with Crippen molar-refractivity contribution in [1.29, 1.82) is 0 Å². The van der Waals surface area contributed by atoms with Crippen LogP contribution < -0.4 is 0 Å². The highest BCUT2D eigenvalue weighted by Crippen LogP contribution is 1.98. The van der Waals surface area contributed by atoms with Crippen LogP contribution in [-0.4, -0.2) is 12.6 Å². The van der Waals surface area contributed by atoms with Gasteiger partial charge in [0.2, 0.25) is 0 Å². The van der Waals surface area contributed by atoms with Gasteiger partial charge >= 0.3 is 5.97 Å². The predicted molar refractivity (Wildman–Crippen MR) is 74.9 cm³/mol. The Bertz CT molecular complexity index is 225. The van der Waals surface area contributed by atoms with Crippen molar-refractivity contribution in [2.24, 2.45) is 0 Å². The van der Waals surface area contributed by atoms with Crippen LogP contribution in [0.15, 0.2) is 36.5 Å². The topological polar surface area (TPSA) is 26.3 Å². The first-order chi connectivity index (χ1) is 8.39. The molecule has 1 aliphatic heterocycles. The molecule has 98 valence electrons. The van der Waals surface area contributed by atoms with Gasteiger partial charge in [-0.3, -0.25) is 0 Å². The van der Waals surface area contributed by atoms with Crippen LogP contribution in [0, 0.1) is 0 Å². The summed E-state index contributed by atoms with van der Waals surface area (Å²) in [5.41, 5.74) is 0. The Morgan fingerprint density at radius 1 is 0.882 bits per heavy atom. The number of cyclic esters (lactones) is 1. The van der Waals surface area contributed by atoms with Gasteiger partial charge in [-0.25, -0.2) is 4.79 Å². The molecule has 1 heterocycles. The average Bonchev–Trinajstić information content (AvgIpc) is 2.47. The van der Waals surface area contributed by atoms with Crippen LogP contribution in [0.5, 0.6) is 0 Å². The van der Waals surface area contributed by atoms with Gasteiger partial charge in [-0.05, 0) is 12.8 Å². The first-order valence-electron chi connectivity index (χ1n) is 6.54. The van der Waals surface area contributed by atoms with E-state index in [4.69, 9.17) is 0 Å². The minimum Gasteiger partial charge on any atom is -0.462 e. The molecule has 0 saturated carbocycles. The standard InChI is InChI=1S/C6H8.C5H6O2.2C2H6/c1-2-4-6-5-3-1;6-5-3-1-2-4-7-5;2*1-2/h1-4H,5-6H2;1,3H,2,4H2;2*1-2H3. The lowest BCUT2D eigenvalue weighted by Gasteiger charge is -2.01. The smallest absolute Gasteiger partial charge is 0.330 e. The Hall–Kier alpha value is -1.31. The van der Waals surface area contributed by atoms with E-state index in [1.54, 1.807) is 0 Å². The molecule has 0 aromatic rings. The van der Waals surface area contributed by atoms with Crippen molar-refractivity contribution in [3.05, 3.63) is 36.5 Å². The molecule has 0 atom stereocenters. The molecule has 0 spiro atoms. The largest absolute Gasteiger partial charge is 0.462 e. The highest BCUT2D eigenvalue weighted by atomic mass is 16.5. The highest BCUT2D eigenvalue weighted by molar-refractivity contribution is 5.82. The zero-order valence-electron chi connectivity index (χ0n) is 11.6. The van der Waals surface area contributed by atoms with E-state index in [9.17, 15) is 4.79 Å². The maximum Gasteiger partial charge on any atom is 0.330 e. The lowest BCUT2D eigenvalue weighted by molar-refractivity contribution is -0.138. The van der Waals surface area contributed by atoms with Gasteiger partial charge in [0.05, 0.1) is 6.61 Å². The number of allylic oxidation sites excluding steroid dienone is 4. The number of carbonyl (C=O) groups is 1. The predicted octanol–water partition coefficient (Wildman–Crippen LogP) is 4.43. The van der Waals surface area contributed by atoms with E-state index in [1.807, 2.05) is 33.8 Å².